The standard InChI is InChI=1S/C27H36N2O5/c1-18-25(15-29-13-3-4-24(29)17-31)33-27(23-11-5-20(6-12-23)14-28-19(2)32)34-26(18)22-9-7-21(16-30)8-10-22/h5-12,18,24-27,30-31H,3-4,13-17H2,1-2H3,(H,28,32). The van der Waals surface area contributed by atoms with Crippen molar-refractivity contribution in [2.24, 2.45) is 5.92 Å². The summed E-state index contributed by atoms with van der Waals surface area (Å²) in [6.45, 7) is 6.05. The molecule has 0 spiro atoms. The molecule has 0 bridgehead atoms. The van der Waals surface area contributed by atoms with Gasteiger partial charge in [0.2, 0.25) is 5.91 Å². The molecule has 5 atom stereocenters. The Bertz CT molecular complexity index is 933. The van der Waals surface area contributed by atoms with Crippen molar-refractivity contribution in [3.8, 4) is 0 Å². The summed E-state index contributed by atoms with van der Waals surface area (Å²) in [5.74, 6) is 0.0493. The normalized spacial score (nSPS) is 27.6. The van der Waals surface area contributed by atoms with Crippen molar-refractivity contribution in [1.82, 2.24) is 10.2 Å². The van der Waals surface area contributed by atoms with Crippen LogP contribution in [0.3, 0.4) is 0 Å². The van der Waals surface area contributed by atoms with E-state index in [4.69, 9.17) is 9.47 Å². The number of benzene rings is 2. The molecular formula is C27H36N2O5. The van der Waals surface area contributed by atoms with E-state index in [0.29, 0.717) is 6.54 Å². The first-order valence-electron chi connectivity index (χ1n) is 12.2. The lowest BCUT2D eigenvalue weighted by Crippen LogP contribution is -2.46. The van der Waals surface area contributed by atoms with Gasteiger partial charge in [-0.15, -0.1) is 0 Å². The Hall–Kier alpha value is -2.29. The smallest absolute Gasteiger partial charge is 0.217 e. The lowest BCUT2D eigenvalue weighted by molar-refractivity contribution is -0.276. The molecule has 5 unspecified atom stereocenters. The number of nitrogens with zero attached hydrogens (tertiary/aromatic N) is 1. The molecule has 1 amide bonds. The van der Waals surface area contributed by atoms with E-state index in [9.17, 15) is 15.0 Å². The second-order valence-electron chi connectivity index (χ2n) is 9.45. The monoisotopic (exact) mass is 468 g/mol. The highest BCUT2D eigenvalue weighted by atomic mass is 16.7. The number of nitrogens with one attached hydrogen (secondary N) is 1. The van der Waals surface area contributed by atoms with Crippen LogP contribution in [0, 0.1) is 5.92 Å². The Morgan fingerprint density at radius 3 is 2.35 bits per heavy atom. The van der Waals surface area contributed by atoms with Crippen molar-refractivity contribution in [1.29, 1.82) is 0 Å². The maximum atomic E-state index is 11.2. The molecule has 7 nitrogen and oxygen atoms in total. The summed E-state index contributed by atoms with van der Waals surface area (Å²) in [6, 6.07) is 16.1. The quantitative estimate of drug-likeness (QED) is 0.552. The number of aliphatic hydroxyl groups excluding tert-OH is 2. The summed E-state index contributed by atoms with van der Waals surface area (Å²) in [7, 11) is 0. The van der Waals surface area contributed by atoms with E-state index in [1.165, 1.54) is 6.92 Å². The van der Waals surface area contributed by atoms with Gasteiger partial charge in [0, 0.05) is 37.5 Å². The average molecular weight is 469 g/mol. The van der Waals surface area contributed by atoms with Crippen LogP contribution in [0.4, 0.5) is 0 Å². The van der Waals surface area contributed by atoms with Gasteiger partial charge in [-0.1, -0.05) is 55.5 Å². The Balaban J connectivity index is 1.56. The zero-order valence-corrected chi connectivity index (χ0v) is 20.0. The first-order valence-corrected chi connectivity index (χ1v) is 12.2. The number of hydrogen-bond acceptors (Lipinski definition) is 6. The van der Waals surface area contributed by atoms with Gasteiger partial charge in [-0.05, 0) is 36.1 Å². The number of hydrogen-bond donors (Lipinski definition) is 3. The van der Waals surface area contributed by atoms with E-state index < -0.39 is 6.29 Å². The van der Waals surface area contributed by atoms with Crippen molar-refractivity contribution >= 4 is 5.91 Å². The van der Waals surface area contributed by atoms with E-state index >= 15 is 0 Å². The van der Waals surface area contributed by atoms with E-state index in [1.54, 1.807) is 0 Å². The van der Waals surface area contributed by atoms with Gasteiger partial charge in [0.1, 0.15) is 0 Å². The minimum atomic E-state index is -0.520. The van der Waals surface area contributed by atoms with E-state index in [-0.39, 0.29) is 43.3 Å². The number of amides is 1. The van der Waals surface area contributed by atoms with E-state index in [1.807, 2.05) is 48.5 Å². The van der Waals surface area contributed by atoms with Gasteiger partial charge in [0.05, 0.1) is 25.4 Å². The molecule has 34 heavy (non-hydrogen) atoms. The Morgan fingerprint density at radius 1 is 1.03 bits per heavy atom. The van der Waals surface area contributed by atoms with Crippen LogP contribution in [0.1, 0.15) is 61.3 Å². The first-order chi connectivity index (χ1) is 16.5. The zero-order valence-electron chi connectivity index (χ0n) is 20.0. The molecule has 0 aromatic heterocycles. The molecule has 3 N–H and O–H groups in total. The van der Waals surface area contributed by atoms with Gasteiger partial charge in [-0.2, -0.15) is 0 Å². The van der Waals surface area contributed by atoms with Crippen molar-refractivity contribution in [3.63, 3.8) is 0 Å². The van der Waals surface area contributed by atoms with Crippen LogP contribution in [-0.2, 0) is 27.4 Å². The van der Waals surface area contributed by atoms with Crippen LogP contribution in [0.15, 0.2) is 48.5 Å². The fraction of sp³-hybridized carbons (Fsp3) is 0.519. The molecule has 2 aromatic carbocycles. The molecule has 4 rings (SSSR count). The van der Waals surface area contributed by atoms with Gasteiger partial charge < -0.3 is 25.0 Å². The molecule has 0 aliphatic carbocycles. The molecule has 2 aliphatic heterocycles. The zero-order chi connectivity index (χ0) is 24.1. The third-order valence-corrected chi connectivity index (χ3v) is 7.04. The number of likely N-dealkylation sites (tertiary alicyclic amines) is 1. The van der Waals surface area contributed by atoms with E-state index in [0.717, 1.165) is 48.2 Å². The summed E-state index contributed by atoms with van der Waals surface area (Å²) >= 11 is 0. The third-order valence-electron chi connectivity index (χ3n) is 7.04. The van der Waals surface area contributed by atoms with Crippen LogP contribution in [0.2, 0.25) is 0 Å². The summed E-state index contributed by atoms with van der Waals surface area (Å²) in [5, 5.41) is 22.0. The minimum absolute atomic E-state index is 0.0120. The Labute approximate surface area is 201 Å². The highest BCUT2D eigenvalue weighted by molar-refractivity contribution is 5.72. The topological polar surface area (TPSA) is 91.3 Å². The summed E-state index contributed by atoms with van der Waals surface area (Å²) in [6.07, 6.45) is 1.36. The first kappa shape index (κ1) is 24.8. The van der Waals surface area contributed by atoms with E-state index in [2.05, 4.69) is 17.1 Å². The van der Waals surface area contributed by atoms with Crippen molar-refractivity contribution in [2.75, 3.05) is 19.7 Å². The molecule has 2 fully saturated rings. The number of aliphatic hydroxyl groups is 2. The van der Waals surface area contributed by atoms with Gasteiger partial charge in [0.15, 0.2) is 6.29 Å². The van der Waals surface area contributed by atoms with Gasteiger partial charge >= 0.3 is 0 Å². The molecule has 2 saturated heterocycles. The number of ether oxygens (including phenoxy) is 2. The van der Waals surface area contributed by atoms with Crippen LogP contribution in [0.5, 0.6) is 0 Å². The maximum Gasteiger partial charge on any atom is 0.217 e. The second kappa shape index (κ2) is 11.4. The van der Waals surface area contributed by atoms with Crippen molar-refractivity contribution < 1.29 is 24.5 Å². The number of carbonyl (C=O) groups excluding carboxylic acids is 1. The highest BCUT2D eigenvalue weighted by Gasteiger charge is 2.40. The summed E-state index contributed by atoms with van der Waals surface area (Å²) in [5.41, 5.74) is 3.87. The lowest BCUT2D eigenvalue weighted by atomic mass is 9.90. The highest BCUT2D eigenvalue weighted by Crippen LogP contribution is 2.42. The molecule has 2 heterocycles. The van der Waals surface area contributed by atoms with Gasteiger partial charge in [0.25, 0.3) is 0 Å². The van der Waals surface area contributed by atoms with Crippen LogP contribution < -0.4 is 5.32 Å². The Morgan fingerprint density at radius 2 is 1.71 bits per heavy atom. The molecule has 7 heteroatoms. The Kier molecular flexibility index (Phi) is 8.34. The van der Waals surface area contributed by atoms with Crippen LogP contribution in [0.25, 0.3) is 0 Å². The van der Waals surface area contributed by atoms with Crippen molar-refractivity contribution in [3.05, 3.63) is 70.8 Å². The second-order valence-corrected chi connectivity index (χ2v) is 9.45. The summed E-state index contributed by atoms with van der Waals surface area (Å²) in [4.78, 5) is 13.6. The average Bonchev–Trinajstić information content (AvgIpc) is 3.31. The van der Waals surface area contributed by atoms with Gasteiger partial charge in [-0.3, -0.25) is 9.69 Å². The minimum Gasteiger partial charge on any atom is -0.395 e. The third kappa shape index (κ3) is 5.85. The molecular weight excluding hydrogens is 432 g/mol. The van der Waals surface area contributed by atoms with Crippen LogP contribution >= 0.6 is 0 Å². The lowest BCUT2D eigenvalue weighted by Gasteiger charge is -2.43. The molecule has 2 aromatic rings. The molecule has 184 valence electrons. The molecule has 0 saturated carbocycles. The maximum absolute atomic E-state index is 11.2. The predicted octanol–water partition coefficient (Wildman–Crippen LogP) is 3.06. The summed E-state index contributed by atoms with van der Waals surface area (Å²) < 4.78 is 13.0. The van der Waals surface area contributed by atoms with Crippen LogP contribution in [-0.4, -0.2) is 52.9 Å². The fourth-order valence-electron chi connectivity index (χ4n) is 4.92. The molecule has 2 aliphatic rings. The molecule has 0 radical (unpaired) electrons. The SMILES string of the molecule is CC(=O)NCc1ccc(C2OC(CN3CCCC3CO)C(C)C(c3ccc(CO)cc3)O2)cc1. The van der Waals surface area contributed by atoms with Crippen molar-refractivity contribution in [2.45, 2.75) is 64.4 Å². The largest absolute Gasteiger partial charge is 0.395 e. The predicted molar refractivity (Wildman–Crippen MR) is 129 cm³/mol. The number of carbonyl (C=O) groups is 1. The van der Waals surface area contributed by atoms with Gasteiger partial charge in [-0.25, -0.2) is 0 Å². The number of rotatable bonds is 8. The fourth-order valence-corrected chi connectivity index (χ4v) is 4.92.